The molecule has 0 N–H and O–H groups in total. The minimum Gasteiger partial charge on any atom is -0.462 e. The predicted molar refractivity (Wildman–Crippen MR) is 256 cm³/mol. The quantitative estimate of drug-likeness (QED) is 0.0263. The van der Waals surface area contributed by atoms with Crippen molar-refractivity contribution in [2.45, 2.75) is 239 Å². The van der Waals surface area contributed by atoms with Gasteiger partial charge in [-0.15, -0.1) is 0 Å². The number of carbonyl (C=O) groups is 3. The Labute approximate surface area is 370 Å². The number of hydrogen-bond donors (Lipinski definition) is 0. The molecule has 0 saturated carbocycles. The van der Waals surface area contributed by atoms with Crippen molar-refractivity contribution in [1.29, 1.82) is 0 Å². The predicted octanol–water partition coefficient (Wildman–Crippen LogP) is 16.3. The van der Waals surface area contributed by atoms with Gasteiger partial charge in [-0.25, -0.2) is 0 Å². The molecule has 0 amide bonds. The van der Waals surface area contributed by atoms with E-state index in [1.54, 1.807) is 0 Å². The molecule has 0 aliphatic carbocycles. The number of ether oxygens (including phenoxy) is 3. The van der Waals surface area contributed by atoms with Gasteiger partial charge in [0.15, 0.2) is 6.10 Å². The van der Waals surface area contributed by atoms with Crippen LogP contribution in [0.1, 0.15) is 233 Å². The molecule has 0 heterocycles. The molecule has 0 rings (SSSR count). The summed E-state index contributed by atoms with van der Waals surface area (Å²) in [5, 5.41) is 0. The number of rotatable bonds is 44. The van der Waals surface area contributed by atoms with Crippen molar-refractivity contribution >= 4 is 17.9 Å². The minimum atomic E-state index is -0.799. The highest BCUT2D eigenvalue weighted by molar-refractivity contribution is 5.71. The molecule has 0 spiro atoms. The van der Waals surface area contributed by atoms with Gasteiger partial charge in [-0.3, -0.25) is 14.4 Å². The van der Waals surface area contributed by atoms with Crippen LogP contribution in [0.4, 0.5) is 0 Å². The molecule has 0 aliphatic rings. The fourth-order valence-corrected chi connectivity index (χ4v) is 6.69. The molecule has 0 radical (unpaired) electrons. The lowest BCUT2D eigenvalue weighted by molar-refractivity contribution is -0.167. The molecule has 1 atom stereocenters. The van der Waals surface area contributed by atoms with Crippen molar-refractivity contribution in [1.82, 2.24) is 0 Å². The Bertz CT molecular complexity index is 1140. The van der Waals surface area contributed by atoms with Crippen LogP contribution in [0.3, 0.4) is 0 Å². The average Bonchev–Trinajstić information content (AvgIpc) is 3.24. The van der Waals surface area contributed by atoms with Gasteiger partial charge >= 0.3 is 17.9 Å². The zero-order chi connectivity index (χ0) is 43.7. The molecule has 0 aromatic carbocycles. The van der Waals surface area contributed by atoms with E-state index >= 15 is 0 Å². The Morgan fingerprint density at radius 1 is 0.350 bits per heavy atom. The maximum Gasteiger partial charge on any atom is 0.306 e. The van der Waals surface area contributed by atoms with Crippen LogP contribution in [0.25, 0.3) is 0 Å². The Balaban J connectivity index is 4.45. The molecular formula is C54H92O6. The van der Waals surface area contributed by atoms with Crippen LogP contribution < -0.4 is 0 Å². The third kappa shape index (κ3) is 45.9. The largest absolute Gasteiger partial charge is 0.462 e. The lowest BCUT2D eigenvalue weighted by atomic mass is 10.0. The van der Waals surface area contributed by atoms with Gasteiger partial charge in [-0.05, 0) is 77.0 Å². The molecule has 0 aromatic rings. The lowest BCUT2D eigenvalue weighted by Gasteiger charge is -2.18. The van der Waals surface area contributed by atoms with Gasteiger partial charge in [-0.2, -0.15) is 0 Å². The van der Waals surface area contributed by atoms with Gasteiger partial charge < -0.3 is 14.2 Å². The van der Waals surface area contributed by atoms with E-state index in [1.807, 2.05) is 0 Å². The third-order valence-corrected chi connectivity index (χ3v) is 10.4. The highest BCUT2D eigenvalue weighted by Crippen LogP contribution is 2.15. The van der Waals surface area contributed by atoms with Gasteiger partial charge in [-0.1, -0.05) is 209 Å². The summed E-state index contributed by atoms with van der Waals surface area (Å²) in [6, 6.07) is 0. The first-order valence-corrected chi connectivity index (χ1v) is 24.9. The van der Waals surface area contributed by atoms with E-state index in [4.69, 9.17) is 14.2 Å². The van der Waals surface area contributed by atoms with Crippen LogP contribution in [-0.4, -0.2) is 37.2 Å². The molecule has 6 nitrogen and oxygen atoms in total. The highest BCUT2D eigenvalue weighted by atomic mass is 16.6. The second-order valence-corrected chi connectivity index (χ2v) is 16.3. The van der Waals surface area contributed by atoms with Gasteiger partial charge in [0, 0.05) is 19.3 Å². The van der Waals surface area contributed by atoms with Crippen molar-refractivity contribution in [3.05, 3.63) is 72.9 Å². The molecule has 0 bridgehead atoms. The number of carbonyl (C=O) groups excluding carboxylic acids is 3. The van der Waals surface area contributed by atoms with Gasteiger partial charge in [0.05, 0.1) is 0 Å². The van der Waals surface area contributed by atoms with Crippen LogP contribution in [0.15, 0.2) is 72.9 Å². The highest BCUT2D eigenvalue weighted by Gasteiger charge is 2.19. The van der Waals surface area contributed by atoms with Gasteiger partial charge in [0.1, 0.15) is 13.2 Å². The smallest absolute Gasteiger partial charge is 0.306 e. The molecule has 344 valence electrons. The first kappa shape index (κ1) is 56.9. The monoisotopic (exact) mass is 837 g/mol. The Morgan fingerprint density at radius 3 is 1.15 bits per heavy atom. The molecule has 6 heteroatoms. The summed E-state index contributed by atoms with van der Waals surface area (Å²) in [4.78, 5) is 37.8. The zero-order valence-corrected chi connectivity index (χ0v) is 39.2. The Kier molecular flexibility index (Phi) is 46.0. The fourth-order valence-electron chi connectivity index (χ4n) is 6.69. The first-order valence-electron chi connectivity index (χ1n) is 24.9. The fraction of sp³-hybridized carbons (Fsp3) is 0.722. The number of allylic oxidation sites excluding steroid dienone is 12. The first-order chi connectivity index (χ1) is 29.5. The molecule has 0 fully saturated rings. The summed E-state index contributed by atoms with van der Waals surface area (Å²) in [5.41, 5.74) is 0. The number of hydrogen-bond acceptors (Lipinski definition) is 6. The van der Waals surface area contributed by atoms with Crippen molar-refractivity contribution < 1.29 is 28.6 Å². The molecule has 0 saturated heterocycles. The molecule has 0 aromatic heterocycles. The molecule has 60 heavy (non-hydrogen) atoms. The number of unbranched alkanes of at least 4 members (excludes halogenated alkanes) is 21. The minimum absolute atomic E-state index is 0.0979. The second-order valence-electron chi connectivity index (χ2n) is 16.3. The summed E-state index contributed by atoms with van der Waals surface area (Å²) in [7, 11) is 0. The maximum atomic E-state index is 12.8. The van der Waals surface area contributed by atoms with Crippen LogP contribution in [0.2, 0.25) is 0 Å². The van der Waals surface area contributed by atoms with Crippen LogP contribution in [0.5, 0.6) is 0 Å². The average molecular weight is 837 g/mol. The van der Waals surface area contributed by atoms with Crippen molar-refractivity contribution in [3.63, 3.8) is 0 Å². The van der Waals surface area contributed by atoms with E-state index in [-0.39, 0.29) is 37.5 Å². The van der Waals surface area contributed by atoms with Gasteiger partial charge in [0.2, 0.25) is 0 Å². The molecule has 0 aliphatic heterocycles. The maximum absolute atomic E-state index is 12.8. The zero-order valence-electron chi connectivity index (χ0n) is 39.2. The Hall–Kier alpha value is -3.15. The molecular weight excluding hydrogens is 745 g/mol. The van der Waals surface area contributed by atoms with Crippen molar-refractivity contribution in [2.24, 2.45) is 0 Å². The summed E-state index contributed by atoms with van der Waals surface area (Å²) in [6.45, 7) is 6.42. The Morgan fingerprint density at radius 2 is 0.683 bits per heavy atom. The standard InChI is InChI=1S/C54H92O6/c1-4-7-10-13-16-19-22-24-26-27-29-30-32-35-38-41-44-47-53(56)59-50-51(49-58-52(55)46-43-40-37-34-21-18-15-12-9-6-3)60-54(57)48-45-42-39-36-33-31-28-25-23-20-17-14-11-8-5-2/h7,10,15-16,18-19,24,26,29-30,35,38,51H,4-6,8-9,11-14,17,20-23,25,27-28,31-34,36-37,39-50H2,1-3H3/b10-7-,18-15-,19-16-,26-24-,30-29-,38-35-. The second kappa shape index (κ2) is 48.5. The van der Waals surface area contributed by atoms with E-state index in [2.05, 4.69) is 93.7 Å². The summed E-state index contributed by atoms with van der Waals surface area (Å²) in [5.74, 6) is -0.970. The van der Waals surface area contributed by atoms with E-state index in [1.165, 1.54) is 89.9 Å². The van der Waals surface area contributed by atoms with Crippen LogP contribution in [-0.2, 0) is 28.6 Å². The summed E-state index contributed by atoms with van der Waals surface area (Å²) < 4.78 is 16.7. The normalized spacial score (nSPS) is 12.7. The summed E-state index contributed by atoms with van der Waals surface area (Å²) in [6.07, 6.45) is 60.3. The van der Waals surface area contributed by atoms with Crippen LogP contribution >= 0.6 is 0 Å². The van der Waals surface area contributed by atoms with Gasteiger partial charge in [0.25, 0.3) is 0 Å². The van der Waals surface area contributed by atoms with E-state index in [0.29, 0.717) is 19.3 Å². The van der Waals surface area contributed by atoms with E-state index < -0.39 is 6.10 Å². The van der Waals surface area contributed by atoms with Crippen molar-refractivity contribution in [2.75, 3.05) is 13.2 Å². The van der Waals surface area contributed by atoms with Crippen molar-refractivity contribution in [3.8, 4) is 0 Å². The van der Waals surface area contributed by atoms with E-state index in [0.717, 1.165) is 96.3 Å². The molecule has 1 unspecified atom stereocenters. The van der Waals surface area contributed by atoms with E-state index in [9.17, 15) is 14.4 Å². The van der Waals surface area contributed by atoms with Crippen LogP contribution in [0, 0.1) is 0 Å². The third-order valence-electron chi connectivity index (χ3n) is 10.4. The number of esters is 3. The topological polar surface area (TPSA) is 78.9 Å². The summed E-state index contributed by atoms with van der Waals surface area (Å²) >= 11 is 0. The lowest BCUT2D eigenvalue weighted by Crippen LogP contribution is -2.30. The SMILES string of the molecule is CC/C=C\C/C=C\C/C=C\C/C=C\C/C=C\CCCC(=O)OCC(COC(=O)CCCCCC/C=C\CCCC)OC(=O)CCCCCCCCCCCCCCCCC.